The van der Waals surface area contributed by atoms with Crippen LogP contribution in [0, 0.1) is 5.92 Å². The largest absolute Gasteiger partial charge is 0.368 e. The summed E-state index contributed by atoms with van der Waals surface area (Å²) >= 11 is 0. The Labute approximate surface area is 75.8 Å². The van der Waals surface area contributed by atoms with Gasteiger partial charge in [-0.05, 0) is 40.2 Å². The maximum absolute atomic E-state index is 5.91. The molecule has 0 N–H and O–H groups in total. The van der Waals surface area contributed by atoms with Gasteiger partial charge in [0, 0.05) is 5.92 Å². The van der Waals surface area contributed by atoms with E-state index in [1.807, 2.05) is 0 Å². The summed E-state index contributed by atoms with van der Waals surface area (Å²) < 4.78 is 5.91. The molecule has 1 aliphatic heterocycles. The van der Waals surface area contributed by atoms with E-state index >= 15 is 0 Å². The van der Waals surface area contributed by atoms with Crippen LogP contribution in [0.25, 0.3) is 0 Å². The zero-order chi connectivity index (χ0) is 9.52. The van der Waals surface area contributed by atoms with Crippen molar-refractivity contribution >= 4 is 0 Å². The molecular formula is C11H20O. The molecule has 12 heavy (non-hydrogen) atoms. The van der Waals surface area contributed by atoms with E-state index in [-0.39, 0.29) is 5.60 Å². The Morgan fingerprint density at radius 1 is 1.17 bits per heavy atom. The second kappa shape index (κ2) is 2.88. The predicted octanol–water partition coefficient (Wildman–Crippen LogP) is 3.16. The second-order valence-electron chi connectivity index (χ2n) is 4.43. The Hall–Kier alpha value is -0.300. The normalized spacial score (nSPS) is 35.5. The van der Waals surface area contributed by atoms with E-state index in [1.54, 1.807) is 0 Å². The molecule has 0 aromatic heterocycles. The third kappa shape index (κ3) is 1.42. The van der Waals surface area contributed by atoms with E-state index in [0.29, 0.717) is 12.0 Å². The Balaban J connectivity index is 3.04. The van der Waals surface area contributed by atoms with Crippen LogP contribution in [-0.2, 0) is 4.74 Å². The second-order valence-corrected chi connectivity index (χ2v) is 4.43. The summed E-state index contributed by atoms with van der Waals surface area (Å²) in [5.41, 5.74) is 2.84. The summed E-state index contributed by atoms with van der Waals surface area (Å²) in [6, 6.07) is 0. The van der Waals surface area contributed by atoms with Crippen molar-refractivity contribution in [3.8, 4) is 0 Å². The lowest BCUT2D eigenvalue weighted by atomic mass is 9.83. The molecule has 0 saturated carbocycles. The highest BCUT2D eigenvalue weighted by Gasteiger charge is 2.33. The van der Waals surface area contributed by atoms with Crippen LogP contribution >= 0.6 is 0 Å². The van der Waals surface area contributed by atoms with Crippen LogP contribution < -0.4 is 0 Å². The molecule has 1 heteroatoms. The van der Waals surface area contributed by atoms with Crippen LogP contribution in [-0.4, -0.2) is 11.7 Å². The van der Waals surface area contributed by atoms with E-state index < -0.39 is 0 Å². The van der Waals surface area contributed by atoms with Crippen molar-refractivity contribution in [1.29, 1.82) is 0 Å². The fourth-order valence-electron chi connectivity index (χ4n) is 1.82. The summed E-state index contributed by atoms with van der Waals surface area (Å²) in [6.07, 6.45) is 0.351. The zero-order valence-electron chi connectivity index (χ0n) is 9.06. The third-order valence-corrected chi connectivity index (χ3v) is 3.36. The van der Waals surface area contributed by atoms with Crippen molar-refractivity contribution in [1.82, 2.24) is 0 Å². The third-order valence-electron chi connectivity index (χ3n) is 3.36. The molecule has 1 nitrogen and oxygen atoms in total. The Kier molecular flexibility index (Phi) is 2.35. The standard InChI is InChI=1S/C11H20O/c1-7-8(2)10(4)12-11(5,6)9(7)3/h8,10H,1-6H3. The highest BCUT2D eigenvalue weighted by atomic mass is 16.5. The fraction of sp³-hybridized carbons (Fsp3) is 0.818. The molecule has 70 valence electrons. The smallest absolute Gasteiger partial charge is 0.0839 e. The molecule has 0 fully saturated rings. The van der Waals surface area contributed by atoms with Crippen LogP contribution in [0.1, 0.15) is 41.5 Å². The lowest BCUT2D eigenvalue weighted by molar-refractivity contribution is -0.0701. The Bertz CT molecular complexity index is 213. The van der Waals surface area contributed by atoms with Gasteiger partial charge in [0.05, 0.1) is 11.7 Å². The minimum absolute atomic E-state index is 0.0595. The highest BCUT2D eigenvalue weighted by Crippen LogP contribution is 2.36. The molecule has 0 aliphatic carbocycles. The summed E-state index contributed by atoms with van der Waals surface area (Å²) in [5, 5.41) is 0. The van der Waals surface area contributed by atoms with Crippen molar-refractivity contribution in [3.63, 3.8) is 0 Å². The van der Waals surface area contributed by atoms with Crippen LogP contribution in [0.2, 0.25) is 0 Å². The number of ether oxygens (including phenoxy) is 1. The molecule has 1 aliphatic rings. The van der Waals surface area contributed by atoms with Crippen molar-refractivity contribution in [2.45, 2.75) is 53.2 Å². The lowest BCUT2D eigenvalue weighted by Gasteiger charge is -2.40. The van der Waals surface area contributed by atoms with Crippen LogP contribution in [0.15, 0.2) is 11.1 Å². The van der Waals surface area contributed by atoms with Gasteiger partial charge in [-0.1, -0.05) is 12.5 Å². The monoisotopic (exact) mass is 168 g/mol. The Morgan fingerprint density at radius 3 is 2.17 bits per heavy atom. The molecule has 0 amide bonds. The summed E-state index contributed by atoms with van der Waals surface area (Å²) in [7, 11) is 0. The van der Waals surface area contributed by atoms with Gasteiger partial charge in [0.15, 0.2) is 0 Å². The molecule has 1 rings (SSSR count). The molecule has 0 radical (unpaired) electrons. The van der Waals surface area contributed by atoms with Crippen molar-refractivity contribution < 1.29 is 4.74 Å². The number of hydrogen-bond acceptors (Lipinski definition) is 1. The van der Waals surface area contributed by atoms with E-state index in [1.165, 1.54) is 11.1 Å². The van der Waals surface area contributed by atoms with Crippen molar-refractivity contribution in [3.05, 3.63) is 11.1 Å². The van der Waals surface area contributed by atoms with Gasteiger partial charge >= 0.3 is 0 Å². The van der Waals surface area contributed by atoms with Crippen molar-refractivity contribution in [2.75, 3.05) is 0 Å². The van der Waals surface area contributed by atoms with Crippen LogP contribution in [0.5, 0.6) is 0 Å². The fourth-order valence-corrected chi connectivity index (χ4v) is 1.82. The average molecular weight is 168 g/mol. The quantitative estimate of drug-likeness (QED) is 0.505. The molecule has 2 unspecified atom stereocenters. The molecule has 1 heterocycles. The van der Waals surface area contributed by atoms with E-state index in [4.69, 9.17) is 4.74 Å². The number of hydrogen-bond donors (Lipinski definition) is 0. The van der Waals surface area contributed by atoms with Gasteiger partial charge < -0.3 is 4.74 Å². The molecule has 2 atom stereocenters. The molecule has 0 saturated heterocycles. The average Bonchev–Trinajstić information content (AvgIpc) is 1.97. The van der Waals surface area contributed by atoms with Gasteiger partial charge in [-0.3, -0.25) is 0 Å². The molecular weight excluding hydrogens is 148 g/mol. The zero-order valence-corrected chi connectivity index (χ0v) is 9.06. The molecule has 0 aromatic rings. The first kappa shape index (κ1) is 9.79. The maximum Gasteiger partial charge on any atom is 0.0839 e. The Morgan fingerprint density at radius 2 is 1.67 bits per heavy atom. The van der Waals surface area contributed by atoms with Gasteiger partial charge in [-0.25, -0.2) is 0 Å². The van der Waals surface area contributed by atoms with Crippen LogP contribution in [0.3, 0.4) is 0 Å². The topological polar surface area (TPSA) is 9.23 Å². The minimum Gasteiger partial charge on any atom is -0.368 e. The van der Waals surface area contributed by atoms with Gasteiger partial charge in [0.25, 0.3) is 0 Å². The first-order chi connectivity index (χ1) is 5.36. The van der Waals surface area contributed by atoms with Gasteiger partial charge in [0.1, 0.15) is 0 Å². The maximum atomic E-state index is 5.91. The van der Waals surface area contributed by atoms with E-state index in [0.717, 1.165) is 0 Å². The SMILES string of the molecule is CC1=C(C)C(C)(C)OC(C)C1C. The van der Waals surface area contributed by atoms with Gasteiger partial charge in [0.2, 0.25) is 0 Å². The molecule has 0 spiro atoms. The predicted molar refractivity (Wildman–Crippen MR) is 52.2 cm³/mol. The summed E-state index contributed by atoms with van der Waals surface area (Å²) in [4.78, 5) is 0. The molecule has 0 aromatic carbocycles. The van der Waals surface area contributed by atoms with E-state index in [9.17, 15) is 0 Å². The van der Waals surface area contributed by atoms with Crippen LogP contribution in [0.4, 0.5) is 0 Å². The first-order valence-electron chi connectivity index (χ1n) is 4.72. The first-order valence-corrected chi connectivity index (χ1v) is 4.72. The summed E-state index contributed by atoms with van der Waals surface area (Å²) in [6.45, 7) is 13.1. The number of rotatable bonds is 0. The molecule has 0 bridgehead atoms. The van der Waals surface area contributed by atoms with Gasteiger partial charge in [-0.15, -0.1) is 0 Å². The minimum atomic E-state index is -0.0595. The van der Waals surface area contributed by atoms with Crippen molar-refractivity contribution in [2.24, 2.45) is 5.92 Å². The van der Waals surface area contributed by atoms with E-state index in [2.05, 4.69) is 41.5 Å². The highest BCUT2D eigenvalue weighted by molar-refractivity contribution is 5.24. The van der Waals surface area contributed by atoms with Gasteiger partial charge in [-0.2, -0.15) is 0 Å². The summed E-state index contributed by atoms with van der Waals surface area (Å²) in [5.74, 6) is 0.568. The lowest BCUT2D eigenvalue weighted by Crippen LogP contribution is -2.39.